The minimum atomic E-state index is -0.755. The van der Waals surface area contributed by atoms with Gasteiger partial charge in [-0.15, -0.1) is 0 Å². The maximum Gasteiger partial charge on any atom is 0.303 e. The zero-order valence-electron chi connectivity index (χ0n) is 36.2. The van der Waals surface area contributed by atoms with E-state index in [9.17, 15) is 33.6 Å². The lowest BCUT2D eigenvalue weighted by Crippen LogP contribution is -2.28. The topological polar surface area (TPSA) is 216 Å². The number of nitrogens with one attached hydrogen (secondary N) is 4. The van der Waals surface area contributed by atoms with Crippen LogP contribution in [0.25, 0.3) is 0 Å². The van der Waals surface area contributed by atoms with Crippen LogP contribution in [-0.4, -0.2) is 113 Å². The minimum Gasteiger partial charge on any atom is -0.481 e. The Balaban J connectivity index is 4.24. The van der Waals surface area contributed by atoms with Gasteiger partial charge >= 0.3 is 5.97 Å². The van der Waals surface area contributed by atoms with Crippen molar-refractivity contribution in [2.45, 2.75) is 167 Å². The summed E-state index contributed by atoms with van der Waals surface area (Å²) in [5.74, 6) is -1.08. The first kappa shape index (κ1) is 55.6. The highest BCUT2D eigenvalue weighted by atomic mass is 16.5. The van der Waals surface area contributed by atoms with Crippen LogP contribution < -0.4 is 21.3 Å². The Labute approximate surface area is 354 Å². The molecule has 0 aliphatic rings. The van der Waals surface area contributed by atoms with Gasteiger partial charge in [-0.1, -0.05) is 70.6 Å². The van der Waals surface area contributed by atoms with Gasteiger partial charge in [0.15, 0.2) is 0 Å². The van der Waals surface area contributed by atoms with Crippen molar-refractivity contribution in [3.63, 3.8) is 0 Å². The first-order chi connectivity index (χ1) is 28.8. The van der Waals surface area contributed by atoms with E-state index in [0.29, 0.717) is 71.7 Å². The van der Waals surface area contributed by atoms with E-state index in [1.165, 1.54) is 0 Å². The predicted octanol–water partition coefficient (Wildman–Crippen LogP) is 5.74. The molecule has 0 unspecified atom stereocenters. The first-order valence-corrected chi connectivity index (χ1v) is 22.7. The van der Waals surface area contributed by atoms with Gasteiger partial charge in [0.1, 0.15) is 12.6 Å². The summed E-state index contributed by atoms with van der Waals surface area (Å²) in [6.45, 7) is 4.09. The Morgan fingerprint density at radius 2 is 0.678 bits per heavy atom. The van der Waals surface area contributed by atoms with Crippen LogP contribution in [0.15, 0.2) is 0 Å². The summed E-state index contributed by atoms with van der Waals surface area (Å²) >= 11 is 0. The van der Waals surface area contributed by atoms with Crippen molar-refractivity contribution in [2.24, 2.45) is 5.92 Å². The highest BCUT2D eigenvalue weighted by Gasteiger charge is 2.13. The second kappa shape index (κ2) is 44.1. The zero-order valence-corrected chi connectivity index (χ0v) is 36.2. The van der Waals surface area contributed by atoms with Crippen molar-refractivity contribution >= 4 is 42.2 Å². The van der Waals surface area contributed by atoms with E-state index in [4.69, 9.17) is 19.3 Å². The fraction of sp³-hybridized carbons (Fsp3) is 0.841. The Kier molecular flexibility index (Phi) is 41.6. The number of hydrogen-bond donors (Lipinski definition) is 5. The van der Waals surface area contributed by atoms with Crippen LogP contribution in [0.4, 0.5) is 0 Å². The number of carboxylic acids is 1. The molecule has 0 aliphatic carbocycles. The Bertz CT molecular complexity index is 1040. The van der Waals surface area contributed by atoms with E-state index in [2.05, 4.69) is 21.3 Å². The minimum absolute atomic E-state index is 0.0545. The number of rotatable bonds is 46. The third-order valence-electron chi connectivity index (χ3n) is 9.67. The van der Waals surface area contributed by atoms with E-state index >= 15 is 0 Å². The lowest BCUT2D eigenvalue weighted by Gasteiger charge is -2.18. The fourth-order valence-corrected chi connectivity index (χ4v) is 6.12. The standard InChI is InChI=1S/C44H80N4O11/c49-31-20-12-3-1-8-16-28-46-41(52)24-33-57-36-39(37-58-34-25-42(53)47-29-17-9-2-4-13-21-32-50)38-59-35-26-43(54)48-30-19-11-7-14-22-40(51)45-27-18-10-5-6-15-23-44(55)56/h31-32,39H,1-30,33-38H2,(H,45,51)(H,46,52)(H,47,53)(H,48,54)(H,55,56). The molecule has 0 bridgehead atoms. The van der Waals surface area contributed by atoms with Crippen LogP contribution in [0, 0.1) is 5.92 Å². The summed E-state index contributed by atoms with van der Waals surface area (Å²) in [6.07, 6.45) is 22.2. The summed E-state index contributed by atoms with van der Waals surface area (Å²) < 4.78 is 17.4. The Morgan fingerprint density at radius 3 is 1.02 bits per heavy atom. The molecule has 0 atom stereocenters. The third kappa shape index (κ3) is 44.0. The van der Waals surface area contributed by atoms with Gasteiger partial charge in [-0.05, 0) is 51.4 Å². The van der Waals surface area contributed by atoms with Crippen LogP contribution >= 0.6 is 0 Å². The normalized spacial score (nSPS) is 11.0. The highest BCUT2D eigenvalue weighted by molar-refractivity contribution is 5.77. The first-order valence-electron chi connectivity index (χ1n) is 22.7. The third-order valence-corrected chi connectivity index (χ3v) is 9.67. The molecule has 15 heteroatoms. The second-order valence-corrected chi connectivity index (χ2v) is 15.3. The van der Waals surface area contributed by atoms with Crippen LogP contribution in [0.1, 0.15) is 167 Å². The largest absolute Gasteiger partial charge is 0.481 e. The number of unbranched alkanes of at least 4 members (excludes halogenated alkanes) is 17. The highest BCUT2D eigenvalue weighted by Crippen LogP contribution is 2.08. The van der Waals surface area contributed by atoms with Crippen molar-refractivity contribution in [3.05, 3.63) is 0 Å². The smallest absolute Gasteiger partial charge is 0.303 e. The molecule has 0 aromatic rings. The molecular formula is C44H80N4O11. The van der Waals surface area contributed by atoms with E-state index in [0.717, 1.165) is 128 Å². The van der Waals surface area contributed by atoms with Crippen molar-refractivity contribution in [3.8, 4) is 0 Å². The molecule has 0 rings (SSSR count). The zero-order chi connectivity index (χ0) is 43.3. The quantitative estimate of drug-likeness (QED) is 0.0368. The van der Waals surface area contributed by atoms with Crippen molar-refractivity contribution in [1.29, 1.82) is 0 Å². The number of amides is 4. The summed E-state index contributed by atoms with van der Waals surface area (Å²) in [7, 11) is 0. The molecular weight excluding hydrogens is 761 g/mol. The molecule has 0 radical (unpaired) electrons. The van der Waals surface area contributed by atoms with Crippen LogP contribution in [0.5, 0.6) is 0 Å². The van der Waals surface area contributed by atoms with Gasteiger partial charge in [0.05, 0.1) is 39.6 Å². The van der Waals surface area contributed by atoms with E-state index in [-0.39, 0.29) is 75.1 Å². The van der Waals surface area contributed by atoms with Crippen LogP contribution in [0.3, 0.4) is 0 Å². The lowest BCUT2D eigenvalue weighted by atomic mass is 10.1. The summed E-state index contributed by atoms with van der Waals surface area (Å²) in [6, 6.07) is 0. The molecule has 0 aromatic heterocycles. The number of carbonyl (C=O) groups is 7. The van der Waals surface area contributed by atoms with Crippen molar-refractivity contribution < 1.29 is 52.9 Å². The SMILES string of the molecule is O=CCCCCCCCNC(=O)CCOCC(COCCC(=O)NCCCCCCCC=O)COCCC(=O)NCCCCCCC(=O)NCCCCCCCC(=O)O. The average molecular weight is 841 g/mol. The second-order valence-electron chi connectivity index (χ2n) is 15.3. The lowest BCUT2D eigenvalue weighted by molar-refractivity contribution is -0.137. The predicted molar refractivity (Wildman–Crippen MR) is 228 cm³/mol. The van der Waals surface area contributed by atoms with E-state index in [1.54, 1.807) is 0 Å². The molecule has 0 spiro atoms. The van der Waals surface area contributed by atoms with Gasteiger partial charge < -0.3 is 50.2 Å². The number of aliphatic carboxylic acids is 1. The molecule has 342 valence electrons. The van der Waals surface area contributed by atoms with Gasteiger partial charge in [0.25, 0.3) is 0 Å². The molecule has 0 aliphatic heterocycles. The molecule has 4 amide bonds. The van der Waals surface area contributed by atoms with E-state index < -0.39 is 5.97 Å². The molecule has 15 nitrogen and oxygen atoms in total. The van der Waals surface area contributed by atoms with Crippen molar-refractivity contribution in [2.75, 3.05) is 65.8 Å². The molecule has 0 fully saturated rings. The van der Waals surface area contributed by atoms with Gasteiger partial charge in [-0.3, -0.25) is 24.0 Å². The summed E-state index contributed by atoms with van der Waals surface area (Å²) in [5, 5.41) is 20.4. The number of carboxylic acid groups (broad SMARTS) is 1. The summed E-state index contributed by atoms with van der Waals surface area (Å²) in [5.41, 5.74) is 0. The average Bonchev–Trinajstić information content (AvgIpc) is 3.21. The van der Waals surface area contributed by atoms with Crippen LogP contribution in [0.2, 0.25) is 0 Å². The molecule has 0 heterocycles. The Hall–Kier alpha value is -3.43. The maximum absolute atomic E-state index is 12.4. The van der Waals surface area contributed by atoms with Gasteiger partial charge in [-0.25, -0.2) is 0 Å². The Morgan fingerprint density at radius 1 is 0.390 bits per heavy atom. The van der Waals surface area contributed by atoms with Gasteiger partial charge in [0.2, 0.25) is 23.6 Å². The molecule has 0 saturated heterocycles. The fourth-order valence-electron chi connectivity index (χ4n) is 6.12. The molecule has 5 N–H and O–H groups in total. The van der Waals surface area contributed by atoms with Gasteiger partial charge in [-0.2, -0.15) is 0 Å². The van der Waals surface area contributed by atoms with Crippen LogP contribution in [-0.2, 0) is 47.8 Å². The number of aldehydes is 2. The molecule has 0 aromatic carbocycles. The van der Waals surface area contributed by atoms with Gasteiger partial charge in [0, 0.05) is 77.0 Å². The number of ether oxygens (including phenoxy) is 3. The number of carbonyl (C=O) groups excluding carboxylic acids is 6. The number of hydrogen-bond acceptors (Lipinski definition) is 10. The monoisotopic (exact) mass is 841 g/mol. The summed E-state index contributed by atoms with van der Waals surface area (Å²) in [4.78, 5) is 80.2. The van der Waals surface area contributed by atoms with E-state index in [1.807, 2.05) is 0 Å². The molecule has 0 saturated carbocycles. The maximum atomic E-state index is 12.4. The van der Waals surface area contributed by atoms with Crippen molar-refractivity contribution in [1.82, 2.24) is 21.3 Å². The molecule has 59 heavy (non-hydrogen) atoms.